The van der Waals surface area contributed by atoms with Crippen molar-refractivity contribution in [1.82, 2.24) is 34.3 Å². The van der Waals surface area contributed by atoms with Crippen LogP contribution in [-0.2, 0) is 11.3 Å². The molecule has 1 aromatic carbocycles. The second-order valence-corrected chi connectivity index (χ2v) is 11.2. The van der Waals surface area contributed by atoms with Gasteiger partial charge in [0.15, 0.2) is 0 Å². The van der Waals surface area contributed by atoms with Crippen LogP contribution in [-0.4, -0.2) is 86.0 Å². The Morgan fingerprint density at radius 1 is 1.21 bits per heavy atom. The van der Waals surface area contributed by atoms with Gasteiger partial charge < -0.3 is 14.6 Å². The van der Waals surface area contributed by atoms with Gasteiger partial charge in [-0.05, 0) is 57.1 Å². The smallest absolute Gasteiger partial charge is 0.284 e. The number of ether oxygens (including phenoxy) is 1. The van der Waals surface area contributed by atoms with Crippen molar-refractivity contribution in [2.45, 2.75) is 44.3 Å². The summed E-state index contributed by atoms with van der Waals surface area (Å²) in [6.45, 7) is 1.75. The molecule has 4 aromatic rings. The largest absolute Gasteiger partial charge is 0.380 e. The number of likely N-dealkylation sites (tertiary alicyclic amines) is 1. The maximum absolute atomic E-state index is 14.3. The SMILES string of the molecule is COC(C)CN(C)Cc1cc2ncn(-c3nc(-c4ccc(F)cc4C(=O)N4CC(F)(F)C4)cc(C4CC4)n3)c(=O)c2[nH]1. The molecule has 13 heteroatoms. The van der Waals surface area contributed by atoms with Crippen LogP contribution in [0.3, 0.4) is 0 Å². The van der Waals surface area contributed by atoms with Crippen molar-refractivity contribution in [3.8, 4) is 17.2 Å². The molecule has 3 aromatic heterocycles. The van der Waals surface area contributed by atoms with Gasteiger partial charge in [0.1, 0.15) is 17.7 Å². The number of H-pyrrole nitrogens is 1. The normalized spacial score (nSPS) is 17.1. The molecule has 2 aliphatic rings. The lowest BCUT2D eigenvalue weighted by Crippen LogP contribution is -2.58. The van der Waals surface area contributed by atoms with Crippen LogP contribution in [0.4, 0.5) is 13.2 Å². The number of nitrogens with zero attached hydrogens (tertiary/aromatic N) is 6. The first-order valence-electron chi connectivity index (χ1n) is 13.7. The third-order valence-electron chi connectivity index (χ3n) is 7.57. The van der Waals surface area contributed by atoms with Gasteiger partial charge in [0.05, 0.1) is 36.0 Å². The molecule has 0 spiro atoms. The number of halogens is 3. The third-order valence-corrected chi connectivity index (χ3v) is 7.57. The molecular formula is C29H30F3N7O3. The monoisotopic (exact) mass is 581 g/mol. The molecule has 1 aliphatic carbocycles. The lowest BCUT2D eigenvalue weighted by Gasteiger charge is -2.38. The van der Waals surface area contributed by atoms with Gasteiger partial charge in [-0.2, -0.15) is 0 Å². The summed E-state index contributed by atoms with van der Waals surface area (Å²) >= 11 is 0. The van der Waals surface area contributed by atoms with Crippen molar-refractivity contribution in [3.63, 3.8) is 0 Å². The Labute approximate surface area is 239 Å². The fraction of sp³-hybridized carbons (Fsp3) is 0.414. The summed E-state index contributed by atoms with van der Waals surface area (Å²) in [7, 11) is 3.61. The van der Waals surface area contributed by atoms with E-state index in [-0.39, 0.29) is 34.8 Å². The zero-order chi connectivity index (χ0) is 29.8. The number of nitrogens with one attached hydrogen (secondary N) is 1. The summed E-state index contributed by atoms with van der Waals surface area (Å²) in [5.74, 6) is -4.16. The Kier molecular flexibility index (Phi) is 7.09. The van der Waals surface area contributed by atoms with E-state index in [2.05, 4.69) is 24.8 Å². The van der Waals surface area contributed by atoms with Crippen molar-refractivity contribution >= 4 is 16.9 Å². The van der Waals surface area contributed by atoms with E-state index in [4.69, 9.17) is 4.74 Å². The van der Waals surface area contributed by atoms with Gasteiger partial charge in [-0.25, -0.2) is 32.7 Å². The van der Waals surface area contributed by atoms with E-state index >= 15 is 0 Å². The summed E-state index contributed by atoms with van der Waals surface area (Å²) in [4.78, 5) is 46.6. The Morgan fingerprint density at radius 2 is 1.98 bits per heavy atom. The molecular weight excluding hydrogens is 551 g/mol. The predicted molar refractivity (Wildman–Crippen MR) is 148 cm³/mol. The maximum atomic E-state index is 14.3. The number of hydrogen-bond donors (Lipinski definition) is 1. The minimum absolute atomic E-state index is 0.0450. The lowest BCUT2D eigenvalue weighted by atomic mass is 10.00. The minimum atomic E-state index is -2.97. The van der Waals surface area contributed by atoms with E-state index in [1.807, 2.05) is 20.0 Å². The molecule has 220 valence electrons. The first-order valence-corrected chi connectivity index (χ1v) is 13.7. The van der Waals surface area contributed by atoms with Crippen molar-refractivity contribution in [3.05, 3.63) is 69.8 Å². The van der Waals surface area contributed by atoms with Gasteiger partial charge in [0, 0.05) is 43.1 Å². The number of carbonyl (C=O) groups is 1. The van der Waals surface area contributed by atoms with Crippen LogP contribution in [0, 0.1) is 5.82 Å². The highest BCUT2D eigenvalue weighted by atomic mass is 19.3. The minimum Gasteiger partial charge on any atom is -0.380 e. The van der Waals surface area contributed by atoms with Gasteiger partial charge in [-0.1, -0.05) is 0 Å². The molecule has 1 atom stereocenters. The van der Waals surface area contributed by atoms with Gasteiger partial charge in [-0.15, -0.1) is 0 Å². The first-order chi connectivity index (χ1) is 20.0. The lowest BCUT2D eigenvalue weighted by molar-refractivity contribution is -0.113. The molecule has 1 N–H and O–H groups in total. The molecule has 10 nitrogen and oxygen atoms in total. The van der Waals surface area contributed by atoms with Gasteiger partial charge in [0.2, 0.25) is 5.95 Å². The molecule has 0 radical (unpaired) electrons. The average Bonchev–Trinajstić information content (AvgIpc) is 3.71. The van der Waals surface area contributed by atoms with Gasteiger partial charge >= 0.3 is 0 Å². The van der Waals surface area contributed by atoms with Gasteiger partial charge in [-0.3, -0.25) is 14.5 Å². The molecule has 4 heterocycles. The molecule has 1 unspecified atom stereocenters. The zero-order valence-corrected chi connectivity index (χ0v) is 23.4. The van der Waals surface area contributed by atoms with Crippen LogP contribution in [0.1, 0.15) is 47.4 Å². The Balaban J connectivity index is 1.38. The summed E-state index contributed by atoms with van der Waals surface area (Å²) in [5, 5.41) is 0. The number of aromatic nitrogens is 5. The topological polar surface area (TPSA) is 109 Å². The zero-order valence-electron chi connectivity index (χ0n) is 23.4. The number of alkyl halides is 2. The number of amides is 1. The average molecular weight is 582 g/mol. The van der Waals surface area contributed by atoms with Crippen molar-refractivity contribution in [1.29, 1.82) is 0 Å². The third kappa shape index (κ3) is 5.53. The molecule has 1 amide bonds. The van der Waals surface area contributed by atoms with E-state index in [9.17, 15) is 22.8 Å². The van der Waals surface area contributed by atoms with E-state index in [1.165, 1.54) is 23.0 Å². The number of methoxy groups -OCH3 is 1. The van der Waals surface area contributed by atoms with Crippen molar-refractivity contribution in [2.24, 2.45) is 0 Å². The quantitative estimate of drug-likeness (QED) is 0.321. The molecule has 1 aliphatic heterocycles. The summed E-state index contributed by atoms with van der Waals surface area (Å²) < 4.78 is 47.8. The summed E-state index contributed by atoms with van der Waals surface area (Å²) in [6.07, 6.45) is 3.20. The number of aromatic amines is 1. The number of benzene rings is 1. The number of fused-ring (bicyclic) bond motifs is 1. The first kappa shape index (κ1) is 28.0. The highest BCUT2D eigenvalue weighted by molar-refractivity contribution is 6.01. The summed E-state index contributed by atoms with van der Waals surface area (Å²) in [5.41, 5.74) is 2.31. The fourth-order valence-corrected chi connectivity index (χ4v) is 5.18. The maximum Gasteiger partial charge on any atom is 0.284 e. The second kappa shape index (κ2) is 10.6. The van der Waals surface area contributed by atoms with Crippen LogP contribution < -0.4 is 5.56 Å². The van der Waals surface area contributed by atoms with E-state index in [0.29, 0.717) is 29.8 Å². The number of likely N-dealkylation sites (N-methyl/N-ethyl adjacent to an activating group) is 1. The molecule has 0 bridgehead atoms. The Hall–Kier alpha value is -4.10. The molecule has 1 saturated heterocycles. The summed E-state index contributed by atoms with van der Waals surface area (Å²) in [6, 6.07) is 7.12. The predicted octanol–water partition coefficient (Wildman–Crippen LogP) is 3.75. The Morgan fingerprint density at radius 3 is 2.67 bits per heavy atom. The molecule has 2 fully saturated rings. The van der Waals surface area contributed by atoms with Crippen molar-refractivity contribution < 1.29 is 22.7 Å². The molecule has 1 saturated carbocycles. The van der Waals surface area contributed by atoms with Crippen molar-refractivity contribution in [2.75, 3.05) is 33.8 Å². The Bertz CT molecular complexity index is 1730. The van der Waals surface area contributed by atoms with Crippen LogP contribution >= 0.6 is 0 Å². The van der Waals surface area contributed by atoms with Crippen LogP contribution in [0.15, 0.2) is 41.5 Å². The number of carbonyl (C=O) groups excluding carboxylic acids is 1. The molecule has 42 heavy (non-hydrogen) atoms. The van der Waals surface area contributed by atoms with Gasteiger partial charge in [0.25, 0.3) is 17.4 Å². The number of hydrogen-bond acceptors (Lipinski definition) is 7. The second-order valence-electron chi connectivity index (χ2n) is 11.2. The molecule has 6 rings (SSSR count). The van der Waals surface area contributed by atoms with E-state index < -0.39 is 36.3 Å². The van der Waals surface area contributed by atoms with Crippen LogP contribution in [0.2, 0.25) is 0 Å². The fourth-order valence-electron chi connectivity index (χ4n) is 5.18. The number of rotatable bonds is 9. The van der Waals surface area contributed by atoms with E-state index in [0.717, 1.165) is 29.5 Å². The van der Waals surface area contributed by atoms with Crippen LogP contribution in [0.5, 0.6) is 0 Å². The standard InChI is InChI=1S/C29H30F3N7O3/c1-16(42-3)11-37(2)12-19-9-24-25(34-19)27(41)39(15-33-24)28-35-22(17-4-5-17)10-23(36-28)20-7-6-18(30)8-21(20)26(40)38-13-29(31,32)14-38/h6-10,15-17,34H,4-5,11-14H2,1-3H3. The van der Waals surface area contributed by atoms with E-state index in [1.54, 1.807) is 13.2 Å². The highest BCUT2D eigenvalue weighted by Crippen LogP contribution is 2.40. The van der Waals surface area contributed by atoms with Crippen LogP contribution in [0.25, 0.3) is 28.2 Å². The highest BCUT2D eigenvalue weighted by Gasteiger charge is 2.46.